The lowest BCUT2D eigenvalue weighted by Gasteiger charge is -2.04. The number of thioether (sulfide) groups is 1. The Balaban J connectivity index is 1.91. The Morgan fingerprint density at radius 1 is 1.24 bits per heavy atom. The van der Waals surface area contributed by atoms with Gasteiger partial charge in [-0.1, -0.05) is 12.1 Å². The van der Waals surface area contributed by atoms with Crippen LogP contribution in [-0.4, -0.2) is 11.0 Å². The third-order valence-corrected chi connectivity index (χ3v) is 3.82. The Hall–Kier alpha value is -1.99. The van der Waals surface area contributed by atoms with Crippen LogP contribution < -0.4 is 5.11 Å². The maximum Gasteiger partial charge on any atom is 0.261 e. The van der Waals surface area contributed by atoms with E-state index in [1.165, 1.54) is 6.08 Å². The van der Waals surface area contributed by atoms with E-state index in [-0.39, 0.29) is 10.1 Å². The second kappa shape index (κ2) is 5.79. The highest BCUT2D eigenvalue weighted by Gasteiger charge is 2.11. The van der Waals surface area contributed by atoms with Gasteiger partial charge in [-0.05, 0) is 58.0 Å². The Kier molecular flexibility index (Phi) is 3.85. The smallest absolute Gasteiger partial charge is 0.261 e. The van der Waals surface area contributed by atoms with E-state index in [2.05, 4.69) is 20.9 Å². The molecule has 0 N–H and O–H groups in total. The second-order valence-electron chi connectivity index (χ2n) is 3.99. The number of para-hydroxylation sites is 2. The summed E-state index contributed by atoms with van der Waals surface area (Å²) in [6, 6.07) is 10.5. The van der Waals surface area contributed by atoms with E-state index in [0.717, 1.165) is 11.8 Å². The molecule has 0 unspecified atom stereocenters. The molecule has 0 radical (unpaired) electrons. The molecule has 7 heteroatoms. The lowest BCUT2D eigenvalue weighted by molar-refractivity contribution is -0.298. The van der Waals surface area contributed by atoms with Gasteiger partial charge in [0.15, 0.2) is 10.3 Å². The maximum atomic E-state index is 11.2. The number of fused-ring (bicyclic) bond motifs is 1. The molecule has 0 amide bonds. The zero-order chi connectivity index (χ0) is 14.8. The molecule has 0 fully saturated rings. The third kappa shape index (κ3) is 3.20. The van der Waals surface area contributed by atoms with Crippen molar-refractivity contribution in [2.45, 2.75) is 5.22 Å². The predicted octanol–water partition coefficient (Wildman–Crippen LogP) is 3.07. The first kappa shape index (κ1) is 14.0. The number of halogens is 1. The molecule has 0 bridgehead atoms. The van der Waals surface area contributed by atoms with E-state index in [1.807, 2.05) is 12.1 Å². The largest absolute Gasteiger partial charge is 0.544 e. The highest BCUT2D eigenvalue weighted by molar-refractivity contribution is 9.10. The van der Waals surface area contributed by atoms with Crippen LogP contribution >= 0.6 is 27.7 Å². The molecular formula is C14H7BrNO4S-. The number of hydrogen-bond donors (Lipinski definition) is 0. The van der Waals surface area contributed by atoms with Gasteiger partial charge in [-0.3, -0.25) is 0 Å². The number of hydrogen-bond acceptors (Lipinski definition) is 6. The molecule has 0 saturated heterocycles. The van der Waals surface area contributed by atoms with Crippen molar-refractivity contribution in [1.82, 2.24) is 4.98 Å². The summed E-state index contributed by atoms with van der Waals surface area (Å²) in [6.07, 6.45) is 1.36. The molecule has 106 valence electrons. The van der Waals surface area contributed by atoms with E-state index < -0.39 is 5.97 Å². The van der Waals surface area contributed by atoms with Crippen LogP contribution in [0.2, 0.25) is 0 Å². The topological polar surface area (TPSA) is 79.3 Å². The van der Waals surface area contributed by atoms with Crippen molar-refractivity contribution in [1.29, 1.82) is 0 Å². The monoisotopic (exact) mass is 364 g/mol. The second-order valence-corrected chi connectivity index (χ2v) is 5.76. The zero-order valence-electron chi connectivity index (χ0n) is 10.4. The van der Waals surface area contributed by atoms with Crippen LogP contribution in [0.5, 0.6) is 0 Å². The number of carbonyl (C=O) groups is 1. The van der Waals surface area contributed by atoms with Crippen molar-refractivity contribution in [3.8, 4) is 0 Å². The van der Waals surface area contributed by atoms with E-state index in [1.54, 1.807) is 24.3 Å². The summed E-state index contributed by atoms with van der Waals surface area (Å²) in [4.78, 5) is 15.4. The lowest BCUT2D eigenvalue weighted by atomic mass is 10.3. The SMILES string of the molecule is O=C([O-])/C(=C\c1ccc(Br)o1)Sc1nc2ccccc2o1. The molecular weight excluding hydrogens is 358 g/mol. The average molecular weight is 365 g/mol. The Bertz CT molecular complexity index is 803. The van der Waals surface area contributed by atoms with E-state index in [9.17, 15) is 9.90 Å². The van der Waals surface area contributed by atoms with Crippen LogP contribution in [0.3, 0.4) is 0 Å². The van der Waals surface area contributed by atoms with Crippen molar-refractivity contribution in [2.75, 3.05) is 0 Å². The molecule has 3 aromatic rings. The average Bonchev–Trinajstić information content (AvgIpc) is 3.03. The van der Waals surface area contributed by atoms with Gasteiger partial charge in [-0.25, -0.2) is 4.98 Å². The number of carbonyl (C=O) groups excluding carboxylic acids is 1. The van der Waals surface area contributed by atoms with Crippen molar-refractivity contribution < 1.29 is 18.7 Å². The Labute approximate surface area is 131 Å². The first-order chi connectivity index (χ1) is 10.1. The van der Waals surface area contributed by atoms with Crippen LogP contribution in [0.15, 0.2) is 60.0 Å². The van der Waals surface area contributed by atoms with Crippen molar-refractivity contribution in [3.63, 3.8) is 0 Å². The lowest BCUT2D eigenvalue weighted by Crippen LogP contribution is -2.22. The third-order valence-electron chi connectivity index (χ3n) is 2.54. The minimum atomic E-state index is -1.32. The molecule has 0 spiro atoms. The van der Waals surface area contributed by atoms with Crippen LogP contribution in [0.25, 0.3) is 17.2 Å². The molecule has 0 aliphatic heterocycles. The van der Waals surface area contributed by atoms with Gasteiger partial charge < -0.3 is 18.7 Å². The van der Waals surface area contributed by atoms with Gasteiger partial charge in [-0.15, -0.1) is 0 Å². The van der Waals surface area contributed by atoms with E-state index in [0.29, 0.717) is 21.5 Å². The molecule has 1 aromatic carbocycles. The summed E-state index contributed by atoms with van der Waals surface area (Å²) in [5, 5.41) is 11.4. The van der Waals surface area contributed by atoms with E-state index in [4.69, 9.17) is 8.83 Å². The molecule has 2 heterocycles. The first-order valence-corrected chi connectivity index (χ1v) is 7.44. The molecule has 3 rings (SSSR count). The number of rotatable bonds is 4. The van der Waals surface area contributed by atoms with Crippen molar-refractivity contribution in [2.24, 2.45) is 0 Å². The minimum absolute atomic E-state index is 0.0524. The fraction of sp³-hybridized carbons (Fsp3) is 0. The molecule has 5 nitrogen and oxygen atoms in total. The number of nitrogens with zero attached hydrogens (tertiary/aromatic N) is 1. The van der Waals surface area contributed by atoms with Gasteiger partial charge in [0.1, 0.15) is 11.3 Å². The maximum absolute atomic E-state index is 11.2. The number of aliphatic carboxylic acids is 1. The predicted molar refractivity (Wildman–Crippen MR) is 79.3 cm³/mol. The zero-order valence-corrected chi connectivity index (χ0v) is 12.8. The number of carboxylic acids is 1. The fourth-order valence-corrected chi connectivity index (χ4v) is 2.69. The highest BCUT2D eigenvalue weighted by Crippen LogP contribution is 2.30. The summed E-state index contributed by atoms with van der Waals surface area (Å²) in [7, 11) is 0. The van der Waals surface area contributed by atoms with Crippen LogP contribution in [0.4, 0.5) is 0 Å². The van der Waals surface area contributed by atoms with Crippen LogP contribution in [0, 0.1) is 0 Å². The summed E-state index contributed by atoms with van der Waals surface area (Å²) < 4.78 is 11.2. The number of oxazole rings is 1. The first-order valence-electron chi connectivity index (χ1n) is 5.83. The Morgan fingerprint density at radius 2 is 2.05 bits per heavy atom. The number of carboxylic acid groups (broad SMARTS) is 1. The van der Waals surface area contributed by atoms with Gasteiger partial charge in [0.25, 0.3) is 5.22 Å². The molecule has 0 aliphatic rings. The van der Waals surface area contributed by atoms with Gasteiger partial charge in [-0.2, -0.15) is 0 Å². The molecule has 0 saturated carbocycles. The van der Waals surface area contributed by atoms with Gasteiger partial charge in [0.2, 0.25) is 0 Å². The fourth-order valence-electron chi connectivity index (χ4n) is 1.65. The number of aromatic nitrogens is 1. The molecule has 0 atom stereocenters. The number of benzene rings is 1. The molecule has 2 aromatic heterocycles. The van der Waals surface area contributed by atoms with Gasteiger partial charge in [0, 0.05) is 4.91 Å². The summed E-state index contributed by atoms with van der Waals surface area (Å²) in [5.74, 6) is -0.931. The summed E-state index contributed by atoms with van der Waals surface area (Å²) >= 11 is 4.03. The highest BCUT2D eigenvalue weighted by atomic mass is 79.9. The van der Waals surface area contributed by atoms with Gasteiger partial charge in [0.05, 0.1) is 5.97 Å². The van der Waals surface area contributed by atoms with Crippen LogP contribution in [0.1, 0.15) is 5.76 Å². The summed E-state index contributed by atoms with van der Waals surface area (Å²) in [5.41, 5.74) is 1.26. The number of furan rings is 1. The summed E-state index contributed by atoms with van der Waals surface area (Å²) in [6.45, 7) is 0. The van der Waals surface area contributed by atoms with Gasteiger partial charge >= 0.3 is 0 Å². The normalized spacial score (nSPS) is 12.0. The van der Waals surface area contributed by atoms with Crippen molar-refractivity contribution in [3.05, 3.63) is 51.7 Å². The quantitative estimate of drug-likeness (QED) is 0.522. The standard InChI is InChI=1S/C14H8BrNO4S/c15-12-6-5-8(19-12)7-11(13(17)18)21-14-16-9-3-1-2-4-10(9)20-14/h1-7H,(H,17,18)/p-1/b11-7+. The van der Waals surface area contributed by atoms with E-state index >= 15 is 0 Å². The molecule has 0 aliphatic carbocycles. The van der Waals surface area contributed by atoms with Crippen molar-refractivity contribution >= 4 is 50.8 Å². The minimum Gasteiger partial charge on any atom is -0.544 e. The molecule has 21 heavy (non-hydrogen) atoms. The van der Waals surface area contributed by atoms with Crippen LogP contribution in [-0.2, 0) is 4.79 Å². The Morgan fingerprint density at radius 3 is 2.71 bits per heavy atom.